The predicted molar refractivity (Wildman–Crippen MR) is 96.3 cm³/mol. The summed E-state index contributed by atoms with van der Waals surface area (Å²) in [6, 6.07) is 0. The molecule has 0 amide bonds. The summed E-state index contributed by atoms with van der Waals surface area (Å²) in [4.78, 5) is 16.7. The Labute approximate surface area is 153 Å². The molecule has 0 bridgehead atoms. The highest BCUT2D eigenvalue weighted by molar-refractivity contribution is 5.85. The molecule has 0 unspecified atom stereocenters. The molecule has 1 N–H and O–H groups in total. The van der Waals surface area contributed by atoms with Gasteiger partial charge in [-0.05, 0) is 38.8 Å². The number of piperidine rings is 1. The van der Waals surface area contributed by atoms with Crippen molar-refractivity contribution >= 4 is 24.8 Å². The molecule has 3 rings (SSSR count). The number of rotatable bonds is 5. The number of nitrogens with one attached hydrogen (secondary N) is 1. The molecule has 1 aliphatic rings. The molecule has 7 nitrogen and oxygen atoms in total. The molecule has 1 fully saturated rings. The second-order valence-electron chi connectivity index (χ2n) is 5.86. The Kier molecular flexibility index (Phi) is 7.99. The number of oxazole rings is 1. The van der Waals surface area contributed by atoms with Gasteiger partial charge < -0.3 is 9.73 Å². The van der Waals surface area contributed by atoms with Crippen molar-refractivity contribution in [3.8, 4) is 0 Å². The Bertz CT molecular complexity index is 688. The van der Waals surface area contributed by atoms with E-state index in [1.807, 2.05) is 6.92 Å². The first-order valence-electron chi connectivity index (χ1n) is 7.95. The fraction of sp³-hybridized carbons (Fsp3) is 0.667. The Morgan fingerprint density at radius 2 is 2.04 bits per heavy atom. The molecule has 0 radical (unpaired) electrons. The average Bonchev–Trinajstić information content (AvgIpc) is 3.05. The molecule has 1 aliphatic heterocycles. The SMILES string of the molecule is CCn1c(CC2CCNCC2)nn(Cc2coc(C)n2)c1=O.Cl.Cl. The number of hydrogen-bond donors (Lipinski definition) is 1. The van der Waals surface area contributed by atoms with E-state index in [9.17, 15) is 4.79 Å². The zero-order valence-corrected chi connectivity index (χ0v) is 15.7. The van der Waals surface area contributed by atoms with Gasteiger partial charge in [0.1, 0.15) is 17.8 Å². The molecule has 0 aliphatic carbocycles. The average molecular weight is 378 g/mol. The first kappa shape index (κ1) is 20.7. The summed E-state index contributed by atoms with van der Waals surface area (Å²) in [7, 11) is 0. The second kappa shape index (κ2) is 9.25. The predicted octanol–water partition coefficient (Wildman–Crippen LogP) is 1.80. The lowest BCUT2D eigenvalue weighted by molar-refractivity contribution is 0.362. The van der Waals surface area contributed by atoms with Gasteiger partial charge in [-0.3, -0.25) is 4.57 Å². The zero-order valence-electron chi connectivity index (χ0n) is 14.0. The molecule has 136 valence electrons. The van der Waals surface area contributed by atoms with E-state index in [-0.39, 0.29) is 30.5 Å². The number of aryl methyl sites for hydroxylation is 1. The highest BCUT2D eigenvalue weighted by atomic mass is 35.5. The van der Waals surface area contributed by atoms with Crippen molar-refractivity contribution in [2.45, 2.75) is 46.2 Å². The van der Waals surface area contributed by atoms with Crippen LogP contribution in [-0.4, -0.2) is 32.4 Å². The van der Waals surface area contributed by atoms with Crippen LogP contribution in [0.4, 0.5) is 0 Å². The summed E-state index contributed by atoms with van der Waals surface area (Å²) in [5.74, 6) is 2.10. The van der Waals surface area contributed by atoms with Crippen molar-refractivity contribution in [2.24, 2.45) is 5.92 Å². The standard InChI is InChI=1S/C15H23N5O2.2ClH/c1-3-19-14(8-12-4-6-16-7-5-12)18-20(15(19)21)9-13-10-22-11(2)17-13;;/h10,12,16H,3-9H2,1-2H3;2*1H. The third kappa shape index (κ3) is 4.62. The van der Waals surface area contributed by atoms with Gasteiger partial charge in [0, 0.05) is 19.9 Å². The molecular formula is C15H25Cl2N5O2. The van der Waals surface area contributed by atoms with E-state index >= 15 is 0 Å². The maximum absolute atomic E-state index is 12.5. The van der Waals surface area contributed by atoms with Crippen LogP contribution in [-0.2, 0) is 19.5 Å². The molecule has 9 heteroatoms. The fourth-order valence-electron chi connectivity index (χ4n) is 3.04. The monoisotopic (exact) mass is 377 g/mol. The molecule has 0 saturated carbocycles. The summed E-state index contributed by atoms with van der Waals surface area (Å²) < 4.78 is 8.46. The minimum Gasteiger partial charge on any atom is -0.449 e. The summed E-state index contributed by atoms with van der Waals surface area (Å²) in [6.45, 7) is 6.90. The Balaban J connectivity index is 0.00000144. The van der Waals surface area contributed by atoms with E-state index < -0.39 is 0 Å². The molecule has 0 aromatic carbocycles. The second-order valence-corrected chi connectivity index (χ2v) is 5.86. The van der Waals surface area contributed by atoms with Gasteiger partial charge in [-0.15, -0.1) is 24.8 Å². The van der Waals surface area contributed by atoms with Gasteiger partial charge in [-0.2, -0.15) is 5.10 Å². The highest BCUT2D eigenvalue weighted by Gasteiger charge is 2.19. The van der Waals surface area contributed by atoms with Crippen molar-refractivity contribution < 1.29 is 4.42 Å². The van der Waals surface area contributed by atoms with Crippen molar-refractivity contribution in [3.63, 3.8) is 0 Å². The highest BCUT2D eigenvalue weighted by Crippen LogP contribution is 2.16. The molecule has 0 atom stereocenters. The van der Waals surface area contributed by atoms with E-state index in [1.54, 1.807) is 17.8 Å². The van der Waals surface area contributed by atoms with Crippen LogP contribution >= 0.6 is 24.8 Å². The van der Waals surface area contributed by atoms with Gasteiger partial charge >= 0.3 is 5.69 Å². The van der Waals surface area contributed by atoms with Crippen LogP contribution in [0.25, 0.3) is 0 Å². The van der Waals surface area contributed by atoms with Crippen LogP contribution in [0.3, 0.4) is 0 Å². The summed E-state index contributed by atoms with van der Waals surface area (Å²) in [6.07, 6.45) is 4.75. The molecule has 0 spiro atoms. The normalized spacial score (nSPS) is 14.9. The largest absolute Gasteiger partial charge is 0.449 e. The van der Waals surface area contributed by atoms with Gasteiger partial charge in [0.2, 0.25) is 0 Å². The van der Waals surface area contributed by atoms with Crippen LogP contribution in [0.2, 0.25) is 0 Å². The van der Waals surface area contributed by atoms with Gasteiger partial charge in [-0.25, -0.2) is 14.5 Å². The molecule has 1 saturated heterocycles. The lowest BCUT2D eigenvalue weighted by Gasteiger charge is -2.21. The van der Waals surface area contributed by atoms with Gasteiger partial charge in [0.15, 0.2) is 5.89 Å². The third-order valence-corrected chi connectivity index (χ3v) is 4.22. The van der Waals surface area contributed by atoms with E-state index in [0.29, 0.717) is 24.9 Å². The van der Waals surface area contributed by atoms with E-state index in [1.165, 1.54) is 4.68 Å². The van der Waals surface area contributed by atoms with Gasteiger partial charge in [-0.1, -0.05) is 0 Å². The smallest absolute Gasteiger partial charge is 0.346 e. The number of hydrogen-bond acceptors (Lipinski definition) is 5. The van der Waals surface area contributed by atoms with Crippen LogP contribution in [0.5, 0.6) is 0 Å². The van der Waals surface area contributed by atoms with Crippen molar-refractivity contribution in [1.29, 1.82) is 0 Å². The van der Waals surface area contributed by atoms with E-state index in [2.05, 4.69) is 15.4 Å². The molecule has 24 heavy (non-hydrogen) atoms. The molecular weight excluding hydrogens is 353 g/mol. The van der Waals surface area contributed by atoms with Crippen LogP contribution < -0.4 is 11.0 Å². The number of halogens is 2. The molecule has 2 aromatic rings. The van der Waals surface area contributed by atoms with Crippen molar-refractivity contribution in [2.75, 3.05) is 13.1 Å². The van der Waals surface area contributed by atoms with Crippen LogP contribution in [0.1, 0.15) is 37.2 Å². The van der Waals surface area contributed by atoms with Crippen molar-refractivity contribution in [1.82, 2.24) is 24.6 Å². The summed E-state index contributed by atoms with van der Waals surface area (Å²) in [5.41, 5.74) is 0.667. The quantitative estimate of drug-likeness (QED) is 0.859. The lowest BCUT2D eigenvalue weighted by Crippen LogP contribution is -2.30. The molecule has 2 aromatic heterocycles. The number of nitrogens with zero attached hydrogens (tertiary/aromatic N) is 4. The summed E-state index contributed by atoms with van der Waals surface area (Å²) >= 11 is 0. The Morgan fingerprint density at radius 3 is 2.62 bits per heavy atom. The number of aromatic nitrogens is 4. The third-order valence-electron chi connectivity index (χ3n) is 4.22. The molecule has 3 heterocycles. The van der Waals surface area contributed by atoms with Crippen LogP contribution in [0, 0.1) is 12.8 Å². The van der Waals surface area contributed by atoms with E-state index in [0.717, 1.165) is 43.9 Å². The Hall–Kier alpha value is -1.31. The minimum atomic E-state index is -0.0629. The van der Waals surface area contributed by atoms with Gasteiger partial charge in [0.05, 0.1) is 6.54 Å². The summed E-state index contributed by atoms with van der Waals surface area (Å²) in [5, 5.41) is 7.91. The minimum absolute atomic E-state index is 0. The fourth-order valence-corrected chi connectivity index (χ4v) is 3.04. The lowest BCUT2D eigenvalue weighted by atomic mass is 9.94. The first-order chi connectivity index (χ1) is 10.7. The van der Waals surface area contributed by atoms with Crippen molar-refractivity contribution in [3.05, 3.63) is 34.2 Å². The van der Waals surface area contributed by atoms with Gasteiger partial charge in [0.25, 0.3) is 0 Å². The Morgan fingerprint density at radius 1 is 1.33 bits per heavy atom. The maximum Gasteiger partial charge on any atom is 0.346 e. The zero-order chi connectivity index (χ0) is 15.5. The van der Waals surface area contributed by atoms with Crippen LogP contribution in [0.15, 0.2) is 15.5 Å². The maximum atomic E-state index is 12.5. The van der Waals surface area contributed by atoms with E-state index in [4.69, 9.17) is 4.42 Å². The topological polar surface area (TPSA) is 77.9 Å². The first-order valence-corrected chi connectivity index (χ1v) is 7.95.